The van der Waals surface area contributed by atoms with Crippen LogP contribution >= 0.6 is 15.9 Å². The van der Waals surface area contributed by atoms with E-state index in [1.54, 1.807) is 0 Å². The summed E-state index contributed by atoms with van der Waals surface area (Å²) in [6.07, 6.45) is 4.20. The van der Waals surface area contributed by atoms with Crippen LogP contribution in [0.5, 0.6) is 0 Å². The number of benzene rings is 1. The van der Waals surface area contributed by atoms with E-state index in [0.29, 0.717) is 12.0 Å². The molecule has 0 radical (unpaired) electrons. The van der Waals surface area contributed by atoms with Crippen molar-refractivity contribution in [2.45, 2.75) is 52.1 Å². The Bertz CT molecular complexity index is 472. The Hall–Kier alpha value is -0.380. The number of rotatable bonds is 3. The molecular weight excluding hydrogens is 314 g/mol. The molecule has 0 saturated heterocycles. The summed E-state index contributed by atoms with van der Waals surface area (Å²) in [4.78, 5) is 0. The molecule has 20 heavy (non-hydrogen) atoms. The van der Waals surface area contributed by atoms with Crippen LogP contribution in [0.15, 0.2) is 28.7 Å². The van der Waals surface area contributed by atoms with Crippen molar-refractivity contribution in [3.05, 3.63) is 34.3 Å². The lowest BCUT2D eigenvalue weighted by Gasteiger charge is -2.51. The molecular formula is C17H26BrNO. The van der Waals surface area contributed by atoms with Gasteiger partial charge in [-0.1, -0.05) is 41.9 Å². The molecule has 1 saturated carbocycles. The molecule has 1 aromatic rings. The summed E-state index contributed by atoms with van der Waals surface area (Å²) in [5, 5.41) is 11.3. The number of nitrogens with two attached hydrogens (primary N) is 1. The first kappa shape index (κ1) is 16.0. The topological polar surface area (TPSA) is 46.2 Å². The van der Waals surface area contributed by atoms with E-state index in [1.807, 2.05) is 31.2 Å². The molecule has 0 spiro atoms. The maximum absolute atomic E-state index is 11.3. The first-order valence-electron chi connectivity index (χ1n) is 7.41. The Labute approximate surface area is 130 Å². The fourth-order valence-electron chi connectivity index (χ4n) is 3.39. The fourth-order valence-corrected chi connectivity index (χ4v) is 3.79. The first-order chi connectivity index (χ1) is 9.22. The molecule has 3 N–H and O–H groups in total. The van der Waals surface area contributed by atoms with Gasteiger partial charge < -0.3 is 10.8 Å². The largest absolute Gasteiger partial charge is 0.385 e. The van der Waals surface area contributed by atoms with Gasteiger partial charge >= 0.3 is 0 Å². The van der Waals surface area contributed by atoms with Crippen molar-refractivity contribution in [2.75, 3.05) is 6.54 Å². The second-order valence-electron chi connectivity index (χ2n) is 7.23. The van der Waals surface area contributed by atoms with Crippen LogP contribution in [0, 0.1) is 10.8 Å². The lowest BCUT2D eigenvalue weighted by molar-refractivity contribution is -0.105. The van der Waals surface area contributed by atoms with Gasteiger partial charge in [0.05, 0.1) is 5.60 Å². The number of hydrogen-bond acceptors (Lipinski definition) is 2. The van der Waals surface area contributed by atoms with Crippen molar-refractivity contribution in [2.24, 2.45) is 16.6 Å². The van der Waals surface area contributed by atoms with E-state index in [1.165, 1.54) is 0 Å². The maximum Gasteiger partial charge on any atom is 0.0936 e. The van der Waals surface area contributed by atoms with Gasteiger partial charge in [-0.2, -0.15) is 0 Å². The van der Waals surface area contributed by atoms with Crippen LogP contribution in [0.1, 0.15) is 52.0 Å². The van der Waals surface area contributed by atoms with Gasteiger partial charge in [0.25, 0.3) is 0 Å². The fraction of sp³-hybridized carbons (Fsp3) is 0.647. The zero-order chi connectivity index (χ0) is 15.0. The van der Waals surface area contributed by atoms with Gasteiger partial charge in [0.2, 0.25) is 0 Å². The molecule has 2 rings (SSSR count). The molecule has 0 aliphatic heterocycles. The monoisotopic (exact) mass is 339 g/mol. The van der Waals surface area contributed by atoms with E-state index in [-0.39, 0.29) is 5.41 Å². The molecule has 0 bridgehead atoms. The molecule has 2 nitrogen and oxygen atoms in total. The van der Waals surface area contributed by atoms with Crippen molar-refractivity contribution in [3.63, 3.8) is 0 Å². The lowest BCUT2D eigenvalue weighted by atomic mass is 9.57. The van der Waals surface area contributed by atoms with Crippen molar-refractivity contribution in [1.29, 1.82) is 0 Å². The third-order valence-corrected chi connectivity index (χ3v) is 5.86. The first-order valence-corrected chi connectivity index (χ1v) is 8.20. The molecule has 1 atom stereocenters. The summed E-state index contributed by atoms with van der Waals surface area (Å²) in [5.74, 6) is 0. The van der Waals surface area contributed by atoms with Gasteiger partial charge in [0.1, 0.15) is 0 Å². The highest BCUT2D eigenvalue weighted by atomic mass is 79.9. The Kier molecular flexibility index (Phi) is 4.35. The van der Waals surface area contributed by atoms with E-state index in [2.05, 4.69) is 29.8 Å². The summed E-state index contributed by atoms with van der Waals surface area (Å²) in [6, 6.07) is 7.97. The van der Waals surface area contributed by atoms with Crippen LogP contribution in [0.2, 0.25) is 0 Å². The zero-order valence-electron chi connectivity index (χ0n) is 12.7. The maximum atomic E-state index is 11.3. The lowest BCUT2D eigenvalue weighted by Crippen LogP contribution is -2.51. The van der Waals surface area contributed by atoms with Crippen LogP contribution in [0.25, 0.3) is 0 Å². The van der Waals surface area contributed by atoms with Crippen molar-refractivity contribution in [3.8, 4) is 0 Å². The van der Waals surface area contributed by atoms with E-state index in [0.717, 1.165) is 35.7 Å². The molecule has 0 amide bonds. The highest BCUT2D eigenvalue weighted by Crippen LogP contribution is 2.53. The van der Waals surface area contributed by atoms with E-state index in [4.69, 9.17) is 5.73 Å². The SMILES string of the molecule is CC1(C)CCC(CN)(C(C)(O)c2cccc(Br)c2)CC1. The summed E-state index contributed by atoms with van der Waals surface area (Å²) in [6.45, 7) is 7.07. The quantitative estimate of drug-likeness (QED) is 0.866. The Morgan fingerprint density at radius 1 is 1.25 bits per heavy atom. The normalized spacial score (nSPS) is 24.1. The van der Waals surface area contributed by atoms with Gasteiger partial charge in [0, 0.05) is 16.4 Å². The van der Waals surface area contributed by atoms with Crippen LogP contribution in [0.4, 0.5) is 0 Å². The van der Waals surface area contributed by atoms with Crippen molar-refractivity contribution < 1.29 is 5.11 Å². The van der Waals surface area contributed by atoms with Crippen LogP contribution in [0.3, 0.4) is 0 Å². The second kappa shape index (κ2) is 5.43. The highest BCUT2D eigenvalue weighted by molar-refractivity contribution is 9.10. The van der Waals surface area contributed by atoms with Gasteiger partial charge in [0.15, 0.2) is 0 Å². The van der Waals surface area contributed by atoms with Crippen LogP contribution in [-0.2, 0) is 5.60 Å². The van der Waals surface area contributed by atoms with Gasteiger partial charge in [-0.15, -0.1) is 0 Å². The van der Waals surface area contributed by atoms with Crippen molar-refractivity contribution >= 4 is 15.9 Å². The summed E-state index contributed by atoms with van der Waals surface area (Å²) in [7, 11) is 0. The number of halogens is 1. The second-order valence-corrected chi connectivity index (χ2v) is 8.15. The third-order valence-electron chi connectivity index (χ3n) is 5.37. The minimum Gasteiger partial charge on any atom is -0.385 e. The molecule has 112 valence electrons. The van der Waals surface area contributed by atoms with E-state index < -0.39 is 5.60 Å². The Balaban J connectivity index is 2.35. The standard InChI is InChI=1S/C17H26BrNO/c1-15(2)7-9-17(12-19,10-8-15)16(3,20)13-5-4-6-14(18)11-13/h4-6,11,20H,7-10,12,19H2,1-3H3. The van der Waals surface area contributed by atoms with Gasteiger partial charge in [-0.3, -0.25) is 0 Å². The summed E-state index contributed by atoms with van der Waals surface area (Å²) in [5.41, 5.74) is 6.33. The third kappa shape index (κ3) is 2.81. The minimum atomic E-state index is -0.887. The predicted octanol–water partition coefficient (Wildman–Crippen LogP) is 4.20. The average Bonchev–Trinajstić information content (AvgIpc) is 2.39. The molecule has 0 aromatic heterocycles. The zero-order valence-corrected chi connectivity index (χ0v) is 14.3. The van der Waals surface area contributed by atoms with Crippen LogP contribution < -0.4 is 5.73 Å². The molecule has 1 aromatic carbocycles. The molecule has 0 heterocycles. The highest BCUT2D eigenvalue weighted by Gasteiger charge is 2.50. The average molecular weight is 340 g/mol. The molecule has 1 aliphatic carbocycles. The van der Waals surface area contributed by atoms with Gasteiger partial charge in [-0.25, -0.2) is 0 Å². The Morgan fingerprint density at radius 2 is 1.85 bits per heavy atom. The molecule has 1 aliphatic rings. The van der Waals surface area contributed by atoms with Crippen molar-refractivity contribution in [1.82, 2.24) is 0 Å². The Morgan fingerprint density at radius 3 is 2.35 bits per heavy atom. The van der Waals surface area contributed by atoms with Crippen LogP contribution in [-0.4, -0.2) is 11.7 Å². The molecule has 3 heteroatoms. The minimum absolute atomic E-state index is 0.219. The van der Waals surface area contributed by atoms with E-state index >= 15 is 0 Å². The molecule has 1 unspecified atom stereocenters. The summed E-state index contributed by atoms with van der Waals surface area (Å²) < 4.78 is 0.999. The van der Waals surface area contributed by atoms with Gasteiger partial charge in [-0.05, 0) is 55.7 Å². The number of aliphatic hydroxyl groups is 1. The predicted molar refractivity (Wildman–Crippen MR) is 87.4 cm³/mol. The summed E-state index contributed by atoms with van der Waals surface area (Å²) >= 11 is 3.49. The smallest absolute Gasteiger partial charge is 0.0936 e. The molecule has 1 fully saturated rings. The van der Waals surface area contributed by atoms with E-state index in [9.17, 15) is 5.11 Å². The number of hydrogen-bond donors (Lipinski definition) is 2.